The molecule has 0 atom stereocenters. The summed E-state index contributed by atoms with van der Waals surface area (Å²) in [6.07, 6.45) is 0.438. The van der Waals surface area contributed by atoms with Gasteiger partial charge in [0.25, 0.3) is 0 Å². The van der Waals surface area contributed by atoms with E-state index in [-0.39, 0.29) is 22.5 Å². The molecule has 0 aliphatic heterocycles. The van der Waals surface area contributed by atoms with Crippen LogP contribution in [-0.2, 0) is 30.3 Å². The molecule has 2 aromatic carbocycles. The van der Waals surface area contributed by atoms with Crippen molar-refractivity contribution in [3.05, 3.63) is 75.4 Å². The summed E-state index contributed by atoms with van der Waals surface area (Å²) in [5.74, 6) is -3.27. The van der Waals surface area contributed by atoms with Crippen LogP contribution in [0.1, 0.15) is 21.5 Å². The Labute approximate surface area is 180 Å². The van der Waals surface area contributed by atoms with Gasteiger partial charge in [0.15, 0.2) is 5.78 Å². The monoisotopic (exact) mass is 475 g/mol. The van der Waals surface area contributed by atoms with Crippen molar-refractivity contribution in [2.24, 2.45) is 0 Å². The topological polar surface area (TPSA) is 119 Å². The third-order valence-electron chi connectivity index (χ3n) is 3.97. The molecule has 2 aromatic rings. The summed E-state index contributed by atoms with van der Waals surface area (Å²) in [4.78, 5) is 48.2. The lowest BCUT2D eigenvalue weighted by atomic mass is 9.97. The summed E-state index contributed by atoms with van der Waals surface area (Å²) in [6.45, 7) is 0. The van der Waals surface area contributed by atoms with E-state index in [1.165, 1.54) is 18.2 Å². The number of rotatable bonds is 8. The minimum atomic E-state index is -1.14. The van der Waals surface area contributed by atoms with Gasteiger partial charge in [-0.15, -0.1) is 0 Å². The highest BCUT2D eigenvalue weighted by Crippen LogP contribution is 2.27. The van der Waals surface area contributed by atoms with E-state index < -0.39 is 30.1 Å². The minimum absolute atomic E-state index is 0.0772. The lowest BCUT2D eigenvalue weighted by molar-refractivity contribution is -0.138. The molecule has 0 unspecified atom stereocenters. The van der Waals surface area contributed by atoms with Crippen molar-refractivity contribution in [3.63, 3.8) is 0 Å². The molecule has 0 saturated heterocycles. The number of carboxylic acid groups (broad SMARTS) is 1. The van der Waals surface area contributed by atoms with Crippen molar-refractivity contribution >= 4 is 45.3 Å². The molecule has 0 aromatic heterocycles. The van der Waals surface area contributed by atoms with Crippen LogP contribution in [0.15, 0.2) is 58.7 Å². The standard InChI is InChI=1S/C21H18BrNO7/c1-29-18(26)11-16(21(28)30-2)23-19-13(10-17(24)25)4-3-5-15(19)20(27)12-6-8-14(22)9-7-12/h3-9,11,23H,10H2,1-2H3,(H,24,25)/b16-11+. The zero-order valence-electron chi connectivity index (χ0n) is 16.1. The van der Waals surface area contributed by atoms with Gasteiger partial charge in [0, 0.05) is 15.6 Å². The summed E-state index contributed by atoms with van der Waals surface area (Å²) in [7, 11) is 2.25. The maximum Gasteiger partial charge on any atom is 0.354 e. The highest BCUT2D eigenvalue weighted by molar-refractivity contribution is 9.10. The van der Waals surface area contributed by atoms with Gasteiger partial charge in [0.1, 0.15) is 5.70 Å². The first-order valence-corrected chi connectivity index (χ1v) is 9.35. The number of hydrogen-bond acceptors (Lipinski definition) is 7. The number of ether oxygens (including phenoxy) is 2. The van der Waals surface area contributed by atoms with E-state index in [4.69, 9.17) is 0 Å². The Kier molecular flexibility index (Phi) is 7.88. The number of benzene rings is 2. The smallest absolute Gasteiger partial charge is 0.354 e. The number of carbonyl (C=O) groups is 4. The van der Waals surface area contributed by atoms with Gasteiger partial charge in [-0.2, -0.15) is 0 Å². The van der Waals surface area contributed by atoms with Crippen LogP contribution in [0.2, 0.25) is 0 Å². The van der Waals surface area contributed by atoms with Crippen molar-refractivity contribution in [2.75, 3.05) is 19.5 Å². The van der Waals surface area contributed by atoms with Gasteiger partial charge in [-0.1, -0.05) is 28.1 Å². The van der Waals surface area contributed by atoms with Gasteiger partial charge in [0.05, 0.1) is 32.4 Å². The van der Waals surface area contributed by atoms with E-state index >= 15 is 0 Å². The predicted octanol–water partition coefficient (Wildman–Crippen LogP) is 2.95. The molecule has 0 spiro atoms. The molecule has 0 fully saturated rings. The Morgan fingerprint density at radius 2 is 1.70 bits per heavy atom. The van der Waals surface area contributed by atoms with Crippen molar-refractivity contribution in [1.29, 1.82) is 0 Å². The van der Waals surface area contributed by atoms with E-state index in [0.717, 1.165) is 24.8 Å². The maximum atomic E-state index is 13.1. The molecule has 30 heavy (non-hydrogen) atoms. The summed E-state index contributed by atoms with van der Waals surface area (Å²) >= 11 is 3.30. The van der Waals surface area contributed by atoms with Crippen molar-refractivity contribution in [1.82, 2.24) is 0 Å². The second kappa shape index (κ2) is 10.4. The maximum absolute atomic E-state index is 13.1. The van der Waals surface area contributed by atoms with Gasteiger partial charge in [-0.05, 0) is 35.9 Å². The molecule has 156 valence electrons. The summed E-state index contributed by atoms with van der Waals surface area (Å²) in [5, 5.41) is 11.9. The number of anilines is 1. The molecule has 0 aliphatic rings. The fourth-order valence-corrected chi connectivity index (χ4v) is 2.84. The Bertz CT molecular complexity index is 1010. The molecule has 9 heteroatoms. The number of ketones is 1. The van der Waals surface area contributed by atoms with Gasteiger partial charge >= 0.3 is 17.9 Å². The molecule has 0 saturated carbocycles. The largest absolute Gasteiger partial charge is 0.481 e. The average molecular weight is 476 g/mol. The summed E-state index contributed by atoms with van der Waals surface area (Å²) in [6, 6.07) is 11.1. The predicted molar refractivity (Wildman–Crippen MR) is 111 cm³/mol. The Morgan fingerprint density at radius 3 is 2.27 bits per heavy atom. The summed E-state index contributed by atoms with van der Waals surface area (Å²) < 4.78 is 9.99. The van der Waals surface area contributed by atoms with Crippen LogP contribution in [0.4, 0.5) is 5.69 Å². The van der Waals surface area contributed by atoms with Gasteiger partial charge in [-0.3, -0.25) is 9.59 Å². The lowest BCUT2D eigenvalue weighted by Crippen LogP contribution is -2.19. The van der Waals surface area contributed by atoms with Crippen LogP contribution in [-0.4, -0.2) is 43.0 Å². The number of carbonyl (C=O) groups excluding carboxylic acids is 3. The SMILES string of the molecule is COC(=O)/C=C(/Nc1c(CC(=O)O)cccc1C(=O)c1ccc(Br)cc1)C(=O)OC. The third-order valence-corrected chi connectivity index (χ3v) is 4.50. The van der Waals surface area contributed by atoms with Crippen LogP contribution in [0.3, 0.4) is 0 Å². The number of hydrogen-bond donors (Lipinski definition) is 2. The van der Waals surface area contributed by atoms with Crippen molar-refractivity contribution < 1.29 is 33.8 Å². The molecular formula is C21H18BrNO7. The van der Waals surface area contributed by atoms with Gasteiger partial charge in [0.2, 0.25) is 0 Å². The highest BCUT2D eigenvalue weighted by atomic mass is 79.9. The first-order valence-electron chi connectivity index (χ1n) is 8.55. The van der Waals surface area contributed by atoms with Crippen LogP contribution in [0, 0.1) is 0 Å². The average Bonchev–Trinajstić information content (AvgIpc) is 2.73. The normalized spacial score (nSPS) is 10.8. The van der Waals surface area contributed by atoms with Crippen LogP contribution in [0.25, 0.3) is 0 Å². The molecule has 0 bridgehead atoms. The zero-order chi connectivity index (χ0) is 22.3. The fourth-order valence-electron chi connectivity index (χ4n) is 2.57. The van der Waals surface area contributed by atoms with E-state index in [1.54, 1.807) is 24.3 Å². The first-order chi connectivity index (χ1) is 14.3. The number of nitrogens with one attached hydrogen (secondary N) is 1. The Hall–Kier alpha value is -3.46. The van der Waals surface area contributed by atoms with Crippen molar-refractivity contribution in [2.45, 2.75) is 6.42 Å². The zero-order valence-corrected chi connectivity index (χ0v) is 17.7. The van der Waals surface area contributed by atoms with Gasteiger partial charge < -0.3 is 19.9 Å². The summed E-state index contributed by atoms with van der Waals surface area (Å²) in [5.41, 5.74) is 0.478. The minimum Gasteiger partial charge on any atom is -0.481 e. The molecule has 0 amide bonds. The van der Waals surface area contributed by atoms with Crippen LogP contribution in [0.5, 0.6) is 0 Å². The number of para-hydroxylation sites is 1. The Balaban J connectivity index is 2.61. The number of methoxy groups -OCH3 is 2. The number of carboxylic acids is 1. The second-order valence-electron chi connectivity index (χ2n) is 5.94. The fraction of sp³-hybridized carbons (Fsp3) is 0.143. The lowest BCUT2D eigenvalue weighted by Gasteiger charge is -2.17. The molecule has 2 N–H and O–H groups in total. The molecule has 2 rings (SSSR count). The third kappa shape index (κ3) is 5.77. The number of esters is 2. The molecule has 0 heterocycles. The first kappa shape index (κ1) is 22.8. The van der Waals surface area contributed by atoms with Crippen molar-refractivity contribution in [3.8, 4) is 0 Å². The quantitative estimate of drug-likeness (QED) is 0.339. The highest BCUT2D eigenvalue weighted by Gasteiger charge is 2.22. The number of aliphatic carboxylic acids is 1. The van der Waals surface area contributed by atoms with E-state index in [9.17, 15) is 24.3 Å². The van der Waals surface area contributed by atoms with E-state index in [1.807, 2.05) is 0 Å². The Morgan fingerprint density at radius 1 is 1.03 bits per heavy atom. The molecule has 0 radical (unpaired) electrons. The van der Waals surface area contributed by atoms with Crippen LogP contribution >= 0.6 is 15.9 Å². The van der Waals surface area contributed by atoms with Gasteiger partial charge in [-0.25, -0.2) is 9.59 Å². The molecular weight excluding hydrogens is 458 g/mol. The van der Waals surface area contributed by atoms with Crippen LogP contribution < -0.4 is 5.32 Å². The molecule has 0 aliphatic carbocycles. The van der Waals surface area contributed by atoms with E-state index in [0.29, 0.717) is 5.56 Å². The number of halogens is 1. The molecule has 8 nitrogen and oxygen atoms in total. The second-order valence-corrected chi connectivity index (χ2v) is 6.86. The van der Waals surface area contributed by atoms with E-state index in [2.05, 4.69) is 30.7 Å².